The van der Waals surface area contributed by atoms with Gasteiger partial charge < -0.3 is 5.32 Å². The van der Waals surface area contributed by atoms with Crippen LogP contribution in [0.2, 0.25) is 0 Å². The molecule has 6 nitrogen and oxygen atoms in total. The second kappa shape index (κ2) is 8.09. The summed E-state index contributed by atoms with van der Waals surface area (Å²) in [5.41, 5.74) is 2.47. The van der Waals surface area contributed by atoms with E-state index in [0.29, 0.717) is 16.8 Å². The normalized spacial score (nSPS) is 10.9. The van der Waals surface area contributed by atoms with Crippen molar-refractivity contribution in [2.75, 3.05) is 11.1 Å². The molecule has 0 aliphatic heterocycles. The molecule has 0 bridgehead atoms. The van der Waals surface area contributed by atoms with Crippen molar-refractivity contribution in [3.05, 3.63) is 59.9 Å². The van der Waals surface area contributed by atoms with E-state index >= 15 is 0 Å². The van der Waals surface area contributed by atoms with Crippen LogP contribution >= 0.6 is 11.8 Å². The van der Waals surface area contributed by atoms with E-state index in [0.717, 1.165) is 5.69 Å². The number of tetrazole rings is 1. The van der Waals surface area contributed by atoms with E-state index in [4.69, 9.17) is 0 Å². The summed E-state index contributed by atoms with van der Waals surface area (Å²) in [5.74, 6) is -0.103. The fourth-order valence-electron chi connectivity index (χ4n) is 2.32. The van der Waals surface area contributed by atoms with Crippen LogP contribution in [0.25, 0.3) is 5.69 Å². The third-order valence-corrected chi connectivity index (χ3v) is 4.61. The van der Waals surface area contributed by atoms with Gasteiger partial charge in [0.1, 0.15) is 5.82 Å². The Morgan fingerprint density at radius 2 is 2.00 bits per heavy atom. The third kappa shape index (κ3) is 4.45. The van der Waals surface area contributed by atoms with Gasteiger partial charge in [0, 0.05) is 5.69 Å². The Morgan fingerprint density at radius 1 is 1.23 bits per heavy atom. The molecule has 0 radical (unpaired) electrons. The van der Waals surface area contributed by atoms with E-state index in [9.17, 15) is 9.18 Å². The van der Waals surface area contributed by atoms with Crippen LogP contribution in [-0.2, 0) is 4.79 Å². The van der Waals surface area contributed by atoms with Crippen LogP contribution in [0.15, 0.2) is 53.7 Å². The fourth-order valence-corrected chi connectivity index (χ4v) is 3.02. The number of amides is 1. The third-order valence-electron chi connectivity index (χ3n) is 3.69. The number of thioether (sulfide) groups is 1. The zero-order chi connectivity index (χ0) is 18.5. The lowest BCUT2D eigenvalue weighted by Gasteiger charge is -2.08. The number of anilines is 1. The van der Waals surface area contributed by atoms with Crippen LogP contribution in [-0.4, -0.2) is 31.9 Å². The molecule has 1 N–H and O–H groups in total. The highest BCUT2D eigenvalue weighted by atomic mass is 32.2. The number of benzene rings is 2. The number of rotatable bonds is 6. The molecule has 1 amide bonds. The lowest BCUT2D eigenvalue weighted by molar-refractivity contribution is -0.113. The second-order valence-corrected chi connectivity index (χ2v) is 6.91. The van der Waals surface area contributed by atoms with E-state index in [1.54, 1.807) is 16.8 Å². The standard InChI is InChI=1S/C18H18FN5OS/c1-12(2)13-6-8-16(9-7-13)24-18(21-22-23-24)26-11-17(25)20-15-5-3-4-14(19)10-15/h3-10,12H,11H2,1-2H3,(H,20,25). The van der Waals surface area contributed by atoms with Gasteiger partial charge in [0.2, 0.25) is 11.1 Å². The molecule has 0 saturated carbocycles. The first kappa shape index (κ1) is 18.1. The van der Waals surface area contributed by atoms with Crippen LogP contribution in [0.3, 0.4) is 0 Å². The van der Waals surface area contributed by atoms with E-state index < -0.39 is 5.82 Å². The number of carbonyl (C=O) groups excluding carboxylic acids is 1. The van der Waals surface area contributed by atoms with Crippen molar-refractivity contribution in [1.29, 1.82) is 0 Å². The highest BCUT2D eigenvalue weighted by Gasteiger charge is 2.12. The number of halogens is 1. The lowest BCUT2D eigenvalue weighted by atomic mass is 10.0. The average molecular weight is 371 g/mol. The zero-order valence-corrected chi connectivity index (χ0v) is 15.2. The molecule has 0 spiro atoms. The molecule has 0 saturated heterocycles. The van der Waals surface area contributed by atoms with Gasteiger partial charge in [-0.1, -0.05) is 43.8 Å². The molecule has 8 heteroatoms. The molecular formula is C18H18FN5OS. The molecule has 1 heterocycles. The van der Waals surface area contributed by atoms with Crippen molar-refractivity contribution in [3.63, 3.8) is 0 Å². The SMILES string of the molecule is CC(C)c1ccc(-n2nnnc2SCC(=O)Nc2cccc(F)c2)cc1. The van der Waals surface area contributed by atoms with Gasteiger partial charge in [-0.2, -0.15) is 4.68 Å². The number of hydrogen-bond acceptors (Lipinski definition) is 5. The molecule has 2 aromatic carbocycles. The maximum atomic E-state index is 13.2. The summed E-state index contributed by atoms with van der Waals surface area (Å²) < 4.78 is 14.7. The fraction of sp³-hybridized carbons (Fsp3) is 0.222. The zero-order valence-electron chi connectivity index (χ0n) is 14.4. The summed E-state index contributed by atoms with van der Waals surface area (Å²) in [5, 5.41) is 14.8. The lowest BCUT2D eigenvalue weighted by Crippen LogP contribution is -2.14. The summed E-state index contributed by atoms with van der Waals surface area (Å²) in [6, 6.07) is 13.7. The van der Waals surface area contributed by atoms with Crippen molar-refractivity contribution < 1.29 is 9.18 Å². The minimum atomic E-state index is -0.399. The number of carbonyl (C=O) groups is 1. The summed E-state index contributed by atoms with van der Waals surface area (Å²) in [4.78, 5) is 12.1. The van der Waals surface area contributed by atoms with E-state index in [-0.39, 0.29) is 11.7 Å². The minimum absolute atomic E-state index is 0.112. The maximum absolute atomic E-state index is 13.2. The Hall–Kier alpha value is -2.74. The second-order valence-electron chi connectivity index (χ2n) is 5.97. The van der Waals surface area contributed by atoms with Gasteiger partial charge in [-0.3, -0.25) is 4.79 Å². The Kier molecular flexibility index (Phi) is 5.62. The van der Waals surface area contributed by atoms with Crippen LogP contribution in [0.1, 0.15) is 25.3 Å². The summed E-state index contributed by atoms with van der Waals surface area (Å²) >= 11 is 1.21. The van der Waals surface area contributed by atoms with Crippen LogP contribution < -0.4 is 5.32 Å². The van der Waals surface area contributed by atoms with Gasteiger partial charge in [0.25, 0.3) is 0 Å². The molecular weight excluding hydrogens is 353 g/mol. The maximum Gasteiger partial charge on any atom is 0.234 e. The molecule has 3 aromatic rings. The number of nitrogens with zero attached hydrogens (tertiary/aromatic N) is 4. The van der Waals surface area contributed by atoms with Gasteiger partial charge in [-0.25, -0.2) is 4.39 Å². The van der Waals surface area contributed by atoms with Crippen molar-refractivity contribution in [2.45, 2.75) is 24.9 Å². The van der Waals surface area contributed by atoms with E-state index in [2.05, 4.69) is 34.7 Å². The number of hydrogen-bond donors (Lipinski definition) is 1. The summed E-state index contributed by atoms with van der Waals surface area (Å²) in [6.07, 6.45) is 0. The first-order valence-electron chi connectivity index (χ1n) is 8.10. The highest BCUT2D eigenvalue weighted by Crippen LogP contribution is 2.21. The quantitative estimate of drug-likeness (QED) is 0.670. The predicted molar refractivity (Wildman–Crippen MR) is 99.0 cm³/mol. The van der Waals surface area contributed by atoms with Crippen molar-refractivity contribution in [3.8, 4) is 5.69 Å². The first-order chi connectivity index (χ1) is 12.5. The summed E-state index contributed by atoms with van der Waals surface area (Å²) in [7, 11) is 0. The monoisotopic (exact) mass is 371 g/mol. The van der Waals surface area contributed by atoms with Crippen molar-refractivity contribution in [1.82, 2.24) is 20.2 Å². The van der Waals surface area contributed by atoms with Crippen LogP contribution in [0, 0.1) is 5.82 Å². The van der Waals surface area contributed by atoms with Crippen LogP contribution in [0.4, 0.5) is 10.1 Å². The largest absolute Gasteiger partial charge is 0.325 e. The molecule has 134 valence electrons. The van der Waals surface area contributed by atoms with Gasteiger partial charge >= 0.3 is 0 Å². The van der Waals surface area contributed by atoms with Gasteiger partial charge in [-0.05, 0) is 52.2 Å². The summed E-state index contributed by atoms with van der Waals surface area (Å²) in [6.45, 7) is 4.26. The molecule has 0 atom stereocenters. The van der Waals surface area contributed by atoms with Gasteiger partial charge in [-0.15, -0.1) is 5.10 Å². The number of nitrogens with one attached hydrogen (secondary N) is 1. The van der Waals surface area contributed by atoms with E-state index in [1.807, 2.05) is 24.3 Å². The Morgan fingerprint density at radius 3 is 2.69 bits per heavy atom. The molecule has 0 fully saturated rings. The van der Waals surface area contributed by atoms with Crippen molar-refractivity contribution in [2.24, 2.45) is 0 Å². The molecule has 0 unspecified atom stereocenters. The first-order valence-corrected chi connectivity index (χ1v) is 9.08. The molecule has 3 rings (SSSR count). The van der Waals surface area contributed by atoms with Crippen LogP contribution in [0.5, 0.6) is 0 Å². The topological polar surface area (TPSA) is 72.7 Å². The Bertz CT molecular complexity index is 895. The van der Waals surface area contributed by atoms with Gasteiger partial charge in [0.05, 0.1) is 11.4 Å². The molecule has 0 aliphatic rings. The predicted octanol–water partition coefficient (Wildman–Crippen LogP) is 3.66. The van der Waals surface area contributed by atoms with Crippen molar-refractivity contribution >= 4 is 23.4 Å². The average Bonchev–Trinajstić information content (AvgIpc) is 3.08. The minimum Gasteiger partial charge on any atom is -0.325 e. The van der Waals surface area contributed by atoms with E-state index in [1.165, 1.54) is 29.5 Å². The molecule has 0 aliphatic carbocycles. The smallest absolute Gasteiger partial charge is 0.234 e. The highest BCUT2D eigenvalue weighted by molar-refractivity contribution is 7.99. The number of aromatic nitrogens is 4. The molecule has 1 aromatic heterocycles. The Balaban J connectivity index is 1.64. The Labute approximate surface area is 154 Å². The van der Waals surface area contributed by atoms with Gasteiger partial charge in [0.15, 0.2) is 0 Å². The molecule has 26 heavy (non-hydrogen) atoms.